The Hall–Kier alpha value is -1.71. The van der Waals surface area contributed by atoms with Gasteiger partial charge in [-0.3, -0.25) is 0 Å². The third-order valence-electron chi connectivity index (χ3n) is 6.47. The lowest BCUT2D eigenvalue weighted by Gasteiger charge is -2.45. The zero-order valence-electron chi connectivity index (χ0n) is 19.0. The van der Waals surface area contributed by atoms with E-state index in [4.69, 9.17) is 63.2 Å². The number of benzene rings is 3. The maximum Gasteiger partial charge on any atom is 0.184 e. The Morgan fingerprint density at radius 2 is 0.778 bits per heavy atom. The molecule has 9 heteroatoms. The summed E-state index contributed by atoms with van der Waals surface area (Å²) in [6.07, 6.45) is -3.82. The average molecular weight is 550 g/mol. The highest BCUT2D eigenvalue weighted by molar-refractivity contribution is 6.31. The predicted octanol–water partition coefficient (Wildman–Crippen LogP) is 6.66. The molecule has 3 aliphatic rings. The van der Waals surface area contributed by atoms with Crippen LogP contribution in [0.3, 0.4) is 0 Å². The highest BCUT2D eigenvalue weighted by atomic mass is 35.5. The van der Waals surface area contributed by atoms with Crippen molar-refractivity contribution in [3.63, 3.8) is 0 Å². The largest absolute Gasteiger partial charge is 0.346 e. The summed E-state index contributed by atoms with van der Waals surface area (Å²) in [5.74, 6) is 0. The third-order valence-corrected chi connectivity index (χ3v) is 7.22. The van der Waals surface area contributed by atoms with E-state index in [-0.39, 0.29) is 13.2 Å². The summed E-state index contributed by atoms with van der Waals surface area (Å²) in [7, 11) is 0. The molecular formula is C27H23Cl3O6. The Morgan fingerprint density at radius 1 is 0.444 bits per heavy atom. The van der Waals surface area contributed by atoms with Gasteiger partial charge < -0.3 is 28.4 Å². The fourth-order valence-corrected chi connectivity index (χ4v) is 5.00. The summed E-state index contributed by atoms with van der Waals surface area (Å²) in [6, 6.07) is 22.1. The van der Waals surface area contributed by atoms with Gasteiger partial charge in [-0.1, -0.05) is 71.2 Å². The Labute approximate surface area is 223 Å². The molecule has 0 spiro atoms. The van der Waals surface area contributed by atoms with Gasteiger partial charge in [-0.2, -0.15) is 0 Å². The monoisotopic (exact) mass is 548 g/mol. The summed E-state index contributed by atoms with van der Waals surface area (Å²) < 4.78 is 38.2. The highest BCUT2D eigenvalue weighted by Crippen LogP contribution is 2.42. The quantitative estimate of drug-likeness (QED) is 0.364. The fraction of sp³-hybridized carbons (Fsp3) is 0.333. The molecule has 3 aliphatic heterocycles. The number of ether oxygens (including phenoxy) is 6. The zero-order chi connectivity index (χ0) is 24.6. The van der Waals surface area contributed by atoms with Crippen LogP contribution < -0.4 is 0 Å². The fourth-order valence-electron chi connectivity index (χ4n) is 4.62. The molecule has 188 valence electrons. The Morgan fingerprint density at radius 3 is 1.22 bits per heavy atom. The molecule has 3 fully saturated rings. The number of halogens is 3. The van der Waals surface area contributed by atoms with Crippen molar-refractivity contribution < 1.29 is 28.4 Å². The minimum Gasteiger partial charge on any atom is -0.346 e. The Kier molecular flexibility index (Phi) is 7.23. The molecule has 3 aromatic carbocycles. The average Bonchev–Trinajstić information content (AvgIpc) is 3.09. The molecule has 0 amide bonds. The maximum atomic E-state index is 6.48. The molecule has 0 saturated carbocycles. The van der Waals surface area contributed by atoms with Gasteiger partial charge in [0.05, 0.1) is 13.2 Å². The second-order valence-electron chi connectivity index (χ2n) is 8.87. The molecule has 6 rings (SSSR count). The van der Waals surface area contributed by atoms with E-state index in [0.29, 0.717) is 15.1 Å². The van der Waals surface area contributed by atoms with E-state index in [9.17, 15) is 0 Å². The van der Waals surface area contributed by atoms with E-state index in [2.05, 4.69) is 0 Å². The van der Waals surface area contributed by atoms with Crippen LogP contribution in [-0.4, -0.2) is 37.6 Å². The lowest BCUT2D eigenvalue weighted by molar-refractivity contribution is -0.354. The van der Waals surface area contributed by atoms with Gasteiger partial charge in [-0.25, -0.2) is 0 Å². The number of hydrogen-bond acceptors (Lipinski definition) is 6. The Balaban J connectivity index is 1.32. The summed E-state index contributed by atoms with van der Waals surface area (Å²) in [5.41, 5.74) is 2.52. The van der Waals surface area contributed by atoms with E-state index in [1.807, 2.05) is 36.4 Å². The third kappa shape index (κ3) is 5.16. The van der Waals surface area contributed by atoms with Crippen LogP contribution in [0.2, 0.25) is 15.1 Å². The van der Waals surface area contributed by atoms with E-state index >= 15 is 0 Å². The molecular weight excluding hydrogens is 527 g/mol. The van der Waals surface area contributed by atoms with Gasteiger partial charge in [-0.15, -0.1) is 0 Å². The molecule has 0 N–H and O–H groups in total. The van der Waals surface area contributed by atoms with E-state index in [0.717, 1.165) is 16.7 Å². The normalized spacial score (nSPS) is 32.2. The standard InChI is InChI=1S/C27H23Cl3O6/c28-18-7-1-15(2-8-18)25-31-14-22-23-24(36-27(34-22)17-5-11-20(30)12-6-17)21(33-25)13-32-26(35-23)16-3-9-19(29)10-4-16/h1-12,21-27H,13-14H2/t21-,22+,23-,24-,25?,26?,27?/m1/s1. The van der Waals surface area contributed by atoms with Crippen LogP contribution in [0.4, 0.5) is 0 Å². The smallest absolute Gasteiger partial charge is 0.184 e. The van der Waals surface area contributed by atoms with Crippen molar-refractivity contribution in [3.05, 3.63) is 105 Å². The summed E-state index contributed by atoms with van der Waals surface area (Å²) >= 11 is 18.3. The molecule has 3 heterocycles. The molecule has 3 saturated heterocycles. The van der Waals surface area contributed by atoms with Crippen LogP contribution >= 0.6 is 34.8 Å². The molecule has 7 atom stereocenters. The van der Waals surface area contributed by atoms with Crippen molar-refractivity contribution in [2.24, 2.45) is 0 Å². The first-order chi connectivity index (χ1) is 17.5. The van der Waals surface area contributed by atoms with Crippen LogP contribution in [0.25, 0.3) is 0 Å². The van der Waals surface area contributed by atoms with Gasteiger partial charge in [0.1, 0.15) is 24.4 Å². The first-order valence-electron chi connectivity index (χ1n) is 11.6. The number of hydrogen-bond donors (Lipinski definition) is 0. The van der Waals surface area contributed by atoms with Crippen LogP contribution in [-0.2, 0) is 28.4 Å². The van der Waals surface area contributed by atoms with Crippen LogP contribution in [0.15, 0.2) is 72.8 Å². The molecule has 6 nitrogen and oxygen atoms in total. The van der Waals surface area contributed by atoms with Crippen molar-refractivity contribution in [1.29, 1.82) is 0 Å². The molecule has 36 heavy (non-hydrogen) atoms. The molecule has 4 bridgehead atoms. The van der Waals surface area contributed by atoms with Crippen molar-refractivity contribution in [2.75, 3.05) is 13.2 Å². The van der Waals surface area contributed by atoms with Crippen molar-refractivity contribution >= 4 is 34.8 Å². The van der Waals surface area contributed by atoms with Gasteiger partial charge in [0.25, 0.3) is 0 Å². The van der Waals surface area contributed by atoms with Crippen molar-refractivity contribution in [2.45, 2.75) is 43.3 Å². The van der Waals surface area contributed by atoms with E-state index in [1.165, 1.54) is 0 Å². The highest BCUT2D eigenvalue weighted by Gasteiger charge is 2.50. The van der Waals surface area contributed by atoms with E-state index < -0.39 is 43.3 Å². The van der Waals surface area contributed by atoms with Crippen LogP contribution in [0, 0.1) is 0 Å². The molecule has 0 aromatic heterocycles. The van der Waals surface area contributed by atoms with E-state index in [1.54, 1.807) is 36.4 Å². The summed E-state index contributed by atoms with van der Waals surface area (Å²) in [6.45, 7) is 0.448. The van der Waals surface area contributed by atoms with Crippen molar-refractivity contribution in [1.82, 2.24) is 0 Å². The number of rotatable bonds is 3. The first-order valence-corrected chi connectivity index (χ1v) is 12.8. The molecule has 0 radical (unpaired) electrons. The topological polar surface area (TPSA) is 55.4 Å². The molecule has 3 aromatic rings. The van der Waals surface area contributed by atoms with Gasteiger partial charge in [-0.05, 0) is 36.4 Å². The first kappa shape index (κ1) is 24.6. The minimum atomic E-state index is -0.645. The molecule has 0 aliphatic carbocycles. The second kappa shape index (κ2) is 10.6. The minimum absolute atomic E-state index is 0.224. The summed E-state index contributed by atoms with van der Waals surface area (Å²) in [5, 5.41) is 1.91. The van der Waals surface area contributed by atoms with Crippen LogP contribution in [0.5, 0.6) is 0 Å². The zero-order valence-corrected chi connectivity index (χ0v) is 21.2. The second-order valence-corrected chi connectivity index (χ2v) is 10.2. The Bertz CT molecular complexity index is 1070. The van der Waals surface area contributed by atoms with Crippen molar-refractivity contribution in [3.8, 4) is 0 Å². The van der Waals surface area contributed by atoms with Gasteiger partial charge in [0, 0.05) is 31.8 Å². The SMILES string of the molecule is Clc1ccc(C2OC[C@H]3OC(c4ccc(Cl)cc4)OC[C@@H]4OC(c5ccc(Cl)cc5)O[C@H]3[C@@H]4O2)cc1. The summed E-state index contributed by atoms with van der Waals surface area (Å²) in [4.78, 5) is 0. The lowest BCUT2D eigenvalue weighted by atomic mass is 10.00. The van der Waals surface area contributed by atoms with Crippen LogP contribution in [0.1, 0.15) is 35.6 Å². The van der Waals surface area contributed by atoms with Gasteiger partial charge >= 0.3 is 0 Å². The molecule has 3 unspecified atom stereocenters. The van der Waals surface area contributed by atoms with Gasteiger partial charge in [0.15, 0.2) is 18.9 Å². The maximum absolute atomic E-state index is 6.48. The lowest BCUT2D eigenvalue weighted by Crippen LogP contribution is -2.57. The predicted molar refractivity (Wildman–Crippen MR) is 134 cm³/mol. The van der Waals surface area contributed by atoms with Gasteiger partial charge in [0.2, 0.25) is 0 Å².